The van der Waals surface area contributed by atoms with Crippen LogP contribution >= 0.6 is 0 Å². The van der Waals surface area contributed by atoms with Crippen molar-refractivity contribution in [3.63, 3.8) is 0 Å². The number of nitro benzene ring substituents is 1. The van der Waals surface area contributed by atoms with Gasteiger partial charge in [-0.25, -0.2) is 9.69 Å². The number of aliphatic hydroxyl groups is 1. The van der Waals surface area contributed by atoms with Crippen molar-refractivity contribution in [1.82, 2.24) is 4.90 Å². The molecule has 12 heteroatoms. The Balaban J connectivity index is 1.58. The summed E-state index contributed by atoms with van der Waals surface area (Å²) in [5, 5.41) is 22.3. The first-order valence-corrected chi connectivity index (χ1v) is 13.9. The number of ether oxygens (including phenoxy) is 4. The molecule has 2 unspecified atom stereocenters. The lowest BCUT2D eigenvalue weighted by Gasteiger charge is -2.31. The second kappa shape index (κ2) is 13.6. The van der Waals surface area contributed by atoms with Crippen LogP contribution in [-0.2, 0) is 16.1 Å². The lowest BCUT2D eigenvalue weighted by molar-refractivity contribution is -0.384. The van der Waals surface area contributed by atoms with Gasteiger partial charge >= 0.3 is 6.09 Å². The van der Waals surface area contributed by atoms with E-state index in [9.17, 15) is 24.8 Å². The topological polar surface area (TPSA) is 141 Å². The fraction of sp³-hybridized carbons (Fsp3) is 0.517. The zero-order valence-corrected chi connectivity index (χ0v) is 23.6. The van der Waals surface area contributed by atoms with Crippen molar-refractivity contribution in [2.24, 2.45) is 0 Å². The Kier molecular flexibility index (Phi) is 10.0. The Morgan fingerprint density at radius 2 is 1.88 bits per heavy atom. The van der Waals surface area contributed by atoms with Crippen molar-refractivity contribution >= 4 is 23.4 Å². The molecule has 1 saturated heterocycles. The van der Waals surface area contributed by atoms with E-state index in [1.165, 1.54) is 43.5 Å². The van der Waals surface area contributed by atoms with Crippen LogP contribution in [0.5, 0.6) is 11.5 Å². The molecule has 41 heavy (non-hydrogen) atoms. The molecule has 0 bridgehead atoms. The van der Waals surface area contributed by atoms with Crippen LogP contribution in [0.3, 0.4) is 0 Å². The van der Waals surface area contributed by atoms with Gasteiger partial charge in [-0.2, -0.15) is 0 Å². The number of anilines is 1. The third-order valence-electron chi connectivity index (χ3n) is 7.46. The van der Waals surface area contributed by atoms with E-state index in [0.717, 1.165) is 17.7 Å². The molecule has 2 atom stereocenters. The van der Waals surface area contributed by atoms with Crippen LogP contribution in [0.4, 0.5) is 16.2 Å². The van der Waals surface area contributed by atoms with Crippen LogP contribution in [0.15, 0.2) is 36.4 Å². The summed E-state index contributed by atoms with van der Waals surface area (Å²) in [7, 11) is 1.47. The summed E-state index contributed by atoms with van der Waals surface area (Å²) in [4.78, 5) is 40.1. The van der Waals surface area contributed by atoms with E-state index in [1.54, 1.807) is 4.90 Å². The molecule has 1 N–H and O–H groups in total. The average Bonchev–Trinajstić information content (AvgIpc) is 3.45. The first-order valence-electron chi connectivity index (χ1n) is 13.9. The minimum Gasteiger partial charge on any atom is -0.493 e. The molecule has 4 rings (SSSR count). The Morgan fingerprint density at radius 3 is 2.54 bits per heavy atom. The van der Waals surface area contributed by atoms with Crippen LogP contribution in [0.25, 0.3) is 0 Å². The van der Waals surface area contributed by atoms with E-state index in [1.807, 2.05) is 0 Å². The highest BCUT2D eigenvalue weighted by molar-refractivity contribution is 6.06. The molecule has 0 aromatic heterocycles. The van der Waals surface area contributed by atoms with E-state index in [0.29, 0.717) is 56.1 Å². The number of fused-ring (bicyclic) bond motifs is 2. The predicted molar refractivity (Wildman–Crippen MR) is 149 cm³/mol. The van der Waals surface area contributed by atoms with E-state index >= 15 is 0 Å². The number of hydrogen-bond donors (Lipinski definition) is 1. The quantitative estimate of drug-likeness (QED) is 0.219. The van der Waals surface area contributed by atoms with Gasteiger partial charge < -0.3 is 29.0 Å². The molecule has 2 aromatic carbocycles. The molecule has 2 aliphatic rings. The third-order valence-corrected chi connectivity index (χ3v) is 7.46. The molecule has 0 saturated carbocycles. The van der Waals surface area contributed by atoms with Crippen molar-refractivity contribution in [2.75, 3.05) is 31.8 Å². The highest BCUT2D eigenvalue weighted by atomic mass is 16.6. The molecule has 222 valence electrons. The number of non-ortho nitro benzene ring substituents is 1. The van der Waals surface area contributed by atoms with Gasteiger partial charge in [0, 0.05) is 31.2 Å². The monoisotopic (exact) mass is 571 g/mol. The van der Waals surface area contributed by atoms with E-state index in [4.69, 9.17) is 18.9 Å². The number of aliphatic hydroxyl groups excluding tert-OH is 1. The Hall–Kier alpha value is -3.90. The van der Waals surface area contributed by atoms with Gasteiger partial charge in [0.05, 0.1) is 48.6 Å². The molecule has 1 fully saturated rings. The second-order valence-electron chi connectivity index (χ2n) is 10.0. The molecule has 12 nitrogen and oxygen atoms in total. The predicted octanol–water partition coefficient (Wildman–Crippen LogP) is 4.66. The van der Waals surface area contributed by atoms with Gasteiger partial charge in [-0.3, -0.25) is 14.9 Å². The van der Waals surface area contributed by atoms with E-state index in [2.05, 4.69) is 13.8 Å². The number of nitro groups is 1. The average molecular weight is 572 g/mol. The number of methoxy groups -OCH3 is 1. The minimum absolute atomic E-state index is 0.0830. The molecule has 2 heterocycles. The zero-order valence-electron chi connectivity index (χ0n) is 23.6. The SMILES string of the molecule is CCC(CC)OCCCOc1cc2c(cc1OC)C(=O)N1CCCC1C(O)N2C(=O)OCc1ccc([N+](=O)[O-])cc1. The van der Waals surface area contributed by atoms with Gasteiger partial charge in [0.2, 0.25) is 0 Å². The maximum absolute atomic E-state index is 13.6. The number of carbonyl (C=O) groups excluding carboxylic acids is 2. The largest absolute Gasteiger partial charge is 0.493 e. The zero-order chi connectivity index (χ0) is 29.5. The van der Waals surface area contributed by atoms with Gasteiger partial charge in [-0.1, -0.05) is 13.8 Å². The van der Waals surface area contributed by atoms with E-state index in [-0.39, 0.29) is 35.6 Å². The fourth-order valence-corrected chi connectivity index (χ4v) is 5.17. The smallest absolute Gasteiger partial charge is 0.416 e. The van der Waals surface area contributed by atoms with Crippen LogP contribution in [0, 0.1) is 10.1 Å². The number of hydrogen-bond acceptors (Lipinski definition) is 9. The highest BCUT2D eigenvalue weighted by Gasteiger charge is 2.45. The highest BCUT2D eigenvalue weighted by Crippen LogP contribution is 2.41. The molecule has 2 amide bonds. The molecule has 2 aliphatic heterocycles. The normalized spacial score (nSPS) is 18.1. The summed E-state index contributed by atoms with van der Waals surface area (Å²) in [5.74, 6) is 0.309. The number of nitrogens with zero attached hydrogens (tertiary/aromatic N) is 3. The lowest BCUT2D eigenvalue weighted by Crippen LogP contribution is -2.50. The Labute approximate surface area is 238 Å². The molecule has 0 spiro atoms. The maximum Gasteiger partial charge on any atom is 0.416 e. The second-order valence-corrected chi connectivity index (χ2v) is 10.0. The number of rotatable bonds is 12. The Morgan fingerprint density at radius 1 is 1.15 bits per heavy atom. The van der Waals surface area contributed by atoms with E-state index < -0.39 is 23.3 Å². The third kappa shape index (κ3) is 6.71. The molecule has 0 radical (unpaired) electrons. The number of benzene rings is 2. The Bertz CT molecular complexity index is 1230. The van der Waals surface area contributed by atoms with Crippen LogP contribution in [0.2, 0.25) is 0 Å². The summed E-state index contributed by atoms with van der Waals surface area (Å²) < 4.78 is 22.9. The van der Waals surface area contributed by atoms with Gasteiger partial charge in [0.25, 0.3) is 11.6 Å². The van der Waals surface area contributed by atoms with Crippen molar-refractivity contribution < 1.29 is 38.6 Å². The van der Waals surface area contributed by atoms with Crippen LogP contribution in [0.1, 0.15) is 61.9 Å². The van der Waals surface area contributed by atoms with Gasteiger partial charge in [-0.15, -0.1) is 0 Å². The number of carbonyl (C=O) groups is 2. The number of amides is 2. The van der Waals surface area contributed by atoms with Crippen molar-refractivity contribution in [1.29, 1.82) is 0 Å². The lowest BCUT2D eigenvalue weighted by atomic mass is 10.1. The summed E-state index contributed by atoms with van der Waals surface area (Å²) >= 11 is 0. The van der Waals surface area contributed by atoms with Crippen molar-refractivity contribution in [3.8, 4) is 11.5 Å². The van der Waals surface area contributed by atoms with Gasteiger partial charge in [0.15, 0.2) is 17.7 Å². The summed E-state index contributed by atoms with van der Waals surface area (Å²) in [6.45, 7) is 5.25. The first-order chi connectivity index (χ1) is 19.8. The first kappa shape index (κ1) is 30.1. The molecular formula is C29H37N3O9. The summed E-state index contributed by atoms with van der Waals surface area (Å²) in [6, 6.07) is 8.05. The van der Waals surface area contributed by atoms with Gasteiger partial charge in [-0.05, 0) is 49.4 Å². The minimum atomic E-state index is -1.36. The van der Waals surface area contributed by atoms with Gasteiger partial charge in [0.1, 0.15) is 6.61 Å². The maximum atomic E-state index is 13.6. The molecule has 0 aliphatic carbocycles. The fourth-order valence-electron chi connectivity index (χ4n) is 5.17. The van der Waals surface area contributed by atoms with Crippen molar-refractivity contribution in [2.45, 2.75) is 70.9 Å². The van der Waals surface area contributed by atoms with Crippen molar-refractivity contribution in [3.05, 3.63) is 57.6 Å². The van der Waals surface area contributed by atoms with Crippen LogP contribution < -0.4 is 14.4 Å². The molecular weight excluding hydrogens is 534 g/mol. The molecule has 2 aromatic rings. The standard InChI is InChI=1S/C29H37N3O9/c1-4-21(5-2)39-14-7-15-40-26-17-24-22(16-25(26)38-3)27(33)30-13-6-8-23(30)28(34)31(24)29(35)41-18-19-9-11-20(12-10-19)32(36)37/h9-12,16-17,21,23,28,34H,4-8,13-15,18H2,1-3H3. The van der Waals surface area contributed by atoms with Crippen LogP contribution in [-0.4, -0.2) is 72.2 Å². The summed E-state index contributed by atoms with van der Waals surface area (Å²) in [5.41, 5.74) is 0.776. The summed E-state index contributed by atoms with van der Waals surface area (Å²) in [6.07, 6.45) is 1.66.